The largest absolute Gasteiger partial charge is 0.481 e. The minimum atomic E-state index is -0.815. The average molecular weight is 221 g/mol. The molecule has 1 heterocycles. The summed E-state index contributed by atoms with van der Waals surface area (Å²) in [7, 11) is 0. The van der Waals surface area contributed by atoms with Crippen molar-refractivity contribution < 1.29 is 9.90 Å². The highest BCUT2D eigenvalue weighted by molar-refractivity contribution is 5.76. The van der Waals surface area contributed by atoms with E-state index in [0.717, 1.165) is 25.7 Å². The van der Waals surface area contributed by atoms with Crippen LogP contribution >= 0.6 is 0 Å². The Morgan fingerprint density at radius 1 is 1.44 bits per heavy atom. The molecule has 1 aliphatic rings. The second-order valence-corrected chi connectivity index (χ2v) is 4.23. The van der Waals surface area contributed by atoms with E-state index in [2.05, 4.69) is 9.97 Å². The van der Waals surface area contributed by atoms with E-state index < -0.39 is 11.9 Å². The standard InChI is InChI=1S/C11H15N3O2/c12-9-5-8(13-6-14-9)10(11(15)16)7-3-1-2-4-7/h5-7,10H,1-4H2,(H,15,16)(H2,12,13,14). The molecule has 16 heavy (non-hydrogen) atoms. The number of carboxylic acids is 1. The topological polar surface area (TPSA) is 89.1 Å². The third kappa shape index (κ3) is 2.13. The van der Waals surface area contributed by atoms with Crippen LogP contribution in [-0.4, -0.2) is 21.0 Å². The van der Waals surface area contributed by atoms with Gasteiger partial charge in [0.2, 0.25) is 0 Å². The zero-order valence-electron chi connectivity index (χ0n) is 8.97. The van der Waals surface area contributed by atoms with Crippen LogP contribution in [0.25, 0.3) is 0 Å². The second-order valence-electron chi connectivity index (χ2n) is 4.23. The Morgan fingerprint density at radius 2 is 2.12 bits per heavy atom. The lowest BCUT2D eigenvalue weighted by molar-refractivity contribution is -0.140. The number of nitrogens with zero attached hydrogens (tertiary/aromatic N) is 2. The molecular weight excluding hydrogens is 206 g/mol. The number of anilines is 1. The van der Waals surface area contributed by atoms with Crippen molar-refractivity contribution in [2.24, 2.45) is 5.92 Å². The van der Waals surface area contributed by atoms with Gasteiger partial charge in [-0.05, 0) is 18.8 Å². The monoisotopic (exact) mass is 221 g/mol. The summed E-state index contributed by atoms with van der Waals surface area (Å²) in [5.74, 6) is -0.834. The number of hydrogen-bond acceptors (Lipinski definition) is 4. The van der Waals surface area contributed by atoms with Gasteiger partial charge < -0.3 is 10.8 Å². The van der Waals surface area contributed by atoms with Crippen LogP contribution in [0.4, 0.5) is 5.82 Å². The van der Waals surface area contributed by atoms with Gasteiger partial charge in [0.15, 0.2) is 0 Å². The van der Waals surface area contributed by atoms with Crippen LogP contribution in [-0.2, 0) is 4.79 Å². The molecule has 0 aliphatic heterocycles. The number of aliphatic carboxylic acids is 1. The fourth-order valence-corrected chi connectivity index (χ4v) is 2.42. The quantitative estimate of drug-likeness (QED) is 0.805. The van der Waals surface area contributed by atoms with E-state index in [1.54, 1.807) is 6.07 Å². The second kappa shape index (κ2) is 4.47. The van der Waals surface area contributed by atoms with Gasteiger partial charge in [-0.2, -0.15) is 0 Å². The van der Waals surface area contributed by atoms with Crippen molar-refractivity contribution in [3.8, 4) is 0 Å². The van der Waals surface area contributed by atoms with Gasteiger partial charge in [-0.25, -0.2) is 9.97 Å². The predicted molar refractivity (Wildman–Crippen MR) is 58.8 cm³/mol. The Hall–Kier alpha value is -1.65. The molecule has 86 valence electrons. The number of carboxylic acid groups (broad SMARTS) is 1. The molecule has 1 saturated carbocycles. The van der Waals surface area contributed by atoms with Crippen molar-refractivity contribution in [1.82, 2.24) is 9.97 Å². The van der Waals surface area contributed by atoms with Gasteiger partial charge in [-0.15, -0.1) is 0 Å². The van der Waals surface area contributed by atoms with Crippen LogP contribution in [0.15, 0.2) is 12.4 Å². The van der Waals surface area contributed by atoms with E-state index in [4.69, 9.17) is 5.73 Å². The van der Waals surface area contributed by atoms with E-state index in [9.17, 15) is 9.90 Å². The number of carbonyl (C=O) groups is 1. The molecule has 0 saturated heterocycles. The molecule has 5 nitrogen and oxygen atoms in total. The third-order valence-electron chi connectivity index (χ3n) is 3.17. The highest BCUT2D eigenvalue weighted by Crippen LogP contribution is 2.36. The summed E-state index contributed by atoms with van der Waals surface area (Å²) in [4.78, 5) is 19.1. The normalized spacial score (nSPS) is 18.5. The minimum absolute atomic E-state index is 0.187. The molecule has 5 heteroatoms. The zero-order valence-corrected chi connectivity index (χ0v) is 8.97. The lowest BCUT2D eigenvalue weighted by Gasteiger charge is -2.18. The number of rotatable bonds is 3. The molecule has 0 aromatic carbocycles. The average Bonchev–Trinajstić information content (AvgIpc) is 2.71. The first-order valence-corrected chi connectivity index (χ1v) is 5.48. The van der Waals surface area contributed by atoms with E-state index in [1.165, 1.54) is 6.33 Å². The fourth-order valence-electron chi connectivity index (χ4n) is 2.42. The number of aromatic nitrogens is 2. The summed E-state index contributed by atoms with van der Waals surface area (Å²) >= 11 is 0. The van der Waals surface area contributed by atoms with Crippen LogP contribution in [0.3, 0.4) is 0 Å². The number of nitrogens with two attached hydrogens (primary N) is 1. The van der Waals surface area contributed by atoms with Crippen LogP contribution in [0, 0.1) is 5.92 Å². The number of hydrogen-bond donors (Lipinski definition) is 2. The summed E-state index contributed by atoms with van der Waals surface area (Å²) < 4.78 is 0. The molecule has 1 unspecified atom stereocenters. The van der Waals surface area contributed by atoms with Crippen molar-refractivity contribution in [3.05, 3.63) is 18.1 Å². The van der Waals surface area contributed by atoms with Crippen molar-refractivity contribution in [1.29, 1.82) is 0 Å². The molecule has 0 radical (unpaired) electrons. The lowest BCUT2D eigenvalue weighted by atomic mass is 9.88. The van der Waals surface area contributed by atoms with Crippen molar-refractivity contribution in [2.75, 3.05) is 5.73 Å². The van der Waals surface area contributed by atoms with Gasteiger partial charge in [0.05, 0.1) is 5.69 Å². The molecule has 1 atom stereocenters. The Balaban J connectivity index is 2.28. The Bertz CT molecular complexity index is 389. The lowest BCUT2D eigenvalue weighted by Crippen LogP contribution is -2.21. The summed E-state index contributed by atoms with van der Waals surface area (Å²) in [6.07, 6.45) is 5.46. The molecule has 1 aromatic rings. The van der Waals surface area contributed by atoms with Gasteiger partial charge in [0.1, 0.15) is 18.1 Å². The maximum Gasteiger partial charge on any atom is 0.312 e. The Kier molecular flexibility index (Phi) is 3.03. The van der Waals surface area contributed by atoms with Crippen LogP contribution < -0.4 is 5.73 Å². The summed E-state index contributed by atoms with van der Waals surface area (Å²) in [6.45, 7) is 0. The smallest absolute Gasteiger partial charge is 0.312 e. The van der Waals surface area contributed by atoms with E-state index >= 15 is 0 Å². The van der Waals surface area contributed by atoms with E-state index in [1.807, 2.05) is 0 Å². The fraction of sp³-hybridized carbons (Fsp3) is 0.545. The zero-order chi connectivity index (χ0) is 11.5. The first kappa shape index (κ1) is 10.9. The molecule has 0 spiro atoms. The van der Waals surface area contributed by atoms with E-state index in [0.29, 0.717) is 11.5 Å². The van der Waals surface area contributed by atoms with Gasteiger partial charge in [-0.1, -0.05) is 12.8 Å². The van der Waals surface area contributed by atoms with Gasteiger partial charge in [-0.3, -0.25) is 4.79 Å². The molecular formula is C11H15N3O2. The summed E-state index contributed by atoms with van der Waals surface area (Å²) in [5.41, 5.74) is 6.09. The van der Waals surface area contributed by atoms with Crippen molar-refractivity contribution >= 4 is 11.8 Å². The molecule has 3 N–H and O–H groups in total. The van der Waals surface area contributed by atoms with Crippen LogP contribution in [0.2, 0.25) is 0 Å². The first-order valence-electron chi connectivity index (χ1n) is 5.48. The summed E-state index contributed by atoms with van der Waals surface area (Å²) in [6, 6.07) is 1.57. The summed E-state index contributed by atoms with van der Waals surface area (Å²) in [5, 5.41) is 9.28. The maximum absolute atomic E-state index is 11.3. The number of nitrogen functional groups attached to an aromatic ring is 1. The molecule has 1 aliphatic carbocycles. The van der Waals surface area contributed by atoms with Gasteiger partial charge in [0, 0.05) is 6.07 Å². The van der Waals surface area contributed by atoms with E-state index in [-0.39, 0.29) is 5.92 Å². The SMILES string of the molecule is Nc1cc(C(C(=O)O)C2CCCC2)ncn1. The van der Waals surface area contributed by atoms with Crippen molar-refractivity contribution in [3.63, 3.8) is 0 Å². The predicted octanol–water partition coefficient (Wildman–Crippen LogP) is 1.42. The highest BCUT2D eigenvalue weighted by atomic mass is 16.4. The molecule has 1 aromatic heterocycles. The molecule has 1 fully saturated rings. The third-order valence-corrected chi connectivity index (χ3v) is 3.17. The highest BCUT2D eigenvalue weighted by Gasteiger charge is 2.33. The van der Waals surface area contributed by atoms with Gasteiger partial charge >= 0.3 is 5.97 Å². The minimum Gasteiger partial charge on any atom is -0.481 e. The van der Waals surface area contributed by atoms with Crippen LogP contribution in [0.5, 0.6) is 0 Å². The molecule has 0 bridgehead atoms. The first-order chi connectivity index (χ1) is 7.68. The molecule has 2 rings (SSSR count). The Labute approximate surface area is 93.7 Å². The Morgan fingerprint density at radius 3 is 2.69 bits per heavy atom. The molecule has 0 amide bonds. The maximum atomic E-state index is 11.3. The van der Waals surface area contributed by atoms with Gasteiger partial charge in [0.25, 0.3) is 0 Å². The van der Waals surface area contributed by atoms with Crippen molar-refractivity contribution in [2.45, 2.75) is 31.6 Å². The van der Waals surface area contributed by atoms with Crippen LogP contribution in [0.1, 0.15) is 37.3 Å².